The Labute approximate surface area is 190 Å². The maximum atomic E-state index is 13.9. The molecular weight excluding hydrogens is 425 g/mol. The SMILES string of the molecule is Cc1ccc(NC(=O)O[C@@H](C/C=C/C(=O)Nc2ccccc2N)c2ccc(O)c(F)c2)cc1. The number of rotatable bonds is 7. The standard InChI is InChI=1S/C25H24FN3O4/c1-16-9-12-18(13-10-16)28-25(32)33-23(17-11-14-22(30)19(26)15-17)7-4-8-24(31)29-21-6-3-2-5-20(21)27/h2-6,8-15,23,30H,7,27H2,1H3,(H,28,32)(H,29,31)/b8-4+/t23-/m0/s1. The van der Waals surface area contributed by atoms with Gasteiger partial charge in [-0.15, -0.1) is 0 Å². The number of phenolic OH excluding ortho intramolecular Hbond substituents is 1. The summed E-state index contributed by atoms with van der Waals surface area (Å²) in [6.07, 6.45) is 1.22. The van der Waals surface area contributed by atoms with Gasteiger partial charge in [-0.25, -0.2) is 9.18 Å². The van der Waals surface area contributed by atoms with Crippen LogP contribution in [0.15, 0.2) is 78.9 Å². The molecule has 5 N–H and O–H groups in total. The highest BCUT2D eigenvalue weighted by atomic mass is 19.1. The monoisotopic (exact) mass is 449 g/mol. The normalized spacial score (nSPS) is 11.7. The van der Waals surface area contributed by atoms with E-state index in [9.17, 15) is 19.1 Å². The number of phenols is 1. The van der Waals surface area contributed by atoms with Gasteiger partial charge in [-0.2, -0.15) is 0 Å². The number of ether oxygens (including phenoxy) is 1. The van der Waals surface area contributed by atoms with E-state index < -0.39 is 29.7 Å². The van der Waals surface area contributed by atoms with Crippen molar-refractivity contribution in [3.63, 3.8) is 0 Å². The van der Waals surface area contributed by atoms with Crippen LogP contribution in [0.2, 0.25) is 0 Å². The molecule has 0 bridgehead atoms. The summed E-state index contributed by atoms with van der Waals surface area (Å²) in [4.78, 5) is 24.6. The van der Waals surface area contributed by atoms with Gasteiger partial charge in [-0.3, -0.25) is 10.1 Å². The molecule has 7 nitrogen and oxygen atoms in total. The summed E-state index contributed by atoms with van der Waals surface area (Å²) in [6.45, 7) is 1.92. The number of carbonyl (C=O) groups is 2. The number of halogens is 1. The van der Waals surface area contributed by atoms with Gasteiger partial charge >= 0.3 is 6.09 Å². The van der Waals surface area contributed by atoms with Crippen molar-refractivity contribution in [3.05, 3.63) is 95.8 Å². The fourth-order valence-electron chi connectivity index (χ4n) is 2.97. The summed E-state index contributed by atoms with van der Waals surface area (Å²) in [5.41, 5.74) is 8.60. The molecule has 0 aliphatic heterocycles. The summed E-state index contributed by atoms with van der Waals surface area (Å²) < 4.78 is 19.4. The minimum absolute atomic E-state index is 0.0865. The van der Waals surface area contributed by atoms with Crippen LogP contribution in [0.3, 0.4) is 0 Å². The topological polar surface area (TPSA) is 114 Å². The maximum absolute atomic E-state index is 13.9. The molecule has 2 amide bonds. The number of nitrogen functional groups attached to an aromatic ring is 1. The minimum Gasteiger partial charge on any atom is -0.505 e. The van der Waals surface area contributed by atoms with Crippen LogP contribution in [0.25, 0.3) is 0 Å². The van der Waals surface area contributed by atoms with Gasteiger partial charge < -0.3 is 20.9 Å². The first kappa shape index (κ1) is 23.3. The van der Waals surface area contributed by atoms with E-state index in [1.807, 2.05) is 19.1 Å². The molecule has 0 aliphatic rings. The number of nitrogens with two attached hydrogens (primary N) is 1. The Bertz CT molecular complexity index is 1160. The van der Waals surface area contributed by atoms with Crippen LogP contribution in [0.4, 0.5) is 26.2 Å². The zero-order valence-electron chi connectivity index (χ0n) is 17.9. The van der Waals surface area contributed by atoms with Crippen molar-refractivity contribution in [2.75, 3.05) is 16.4 Å². The van der Waals surface area contributed by atoms with Crippen LogP contribution in [0.5, 0.6) is 5.75 Å². The lowest BCUT2D eigenvalue weighted by Crippen LogP contribution is -2.17. The summed E-state index contributed by atoms with van der Waals surface area (Å²) in [5, 5.41) is 14.7. The lowest BCUT2D eigenvalue weighted by molar-refractivity contribution is -0.111. The Balaban J connectivity index is 1.69. The lowest BCUT2D eigenvalue weighted by Gasteiger charge is -2.18. The molecule has 0 saturated carbocycles. The Morgan fingerprint density at radius 2 is 1.82 bits per heavy atom. The first-order chi connectivity index (χ1) is 15.8. The third-order valence-corrected chi connectivity index (χ3v) is 4.73. The van der Waals surface area contributed by atoms with Crippen LogP contribution in [0, 0.1) is 12.7 Å². The van der Waals surface area contributed by atoms with Gasteiger partial charge in [-0.1, -0.05) is 42.0 Å². The molecule has 0 heterocycles. The Hall–Kier alpha value is -4.33. The zero-order chi connectivity index (χ0) is 23.8. The van der Waals surface area contributed by atoms with Gasteiger partial charge in [0.2, 0.25) is 5.91 Å². The third-order valence-electron chi connectivity index (χ3n) is 4.73. The van der Waals surface area contributed by atoms with Gasteiger partial charge in [0.1, 0.15) is 6.10 Å². The molecule has 8 heteroatoms. The summed E-state index contributed by atoms with van der Waals surface area (Å²) in [5.74, 6) is -1.79. The van der Waals surface area contributed by atoms with E-state index in [-0.39, 0.29) is 6.42 Å². The fraction of sp³-hybridized carbons (Fsp3) is 0.120. The van der Waals surface area contributed by atoms with Crippen LogP contribution < -0.4 is 16.4 Å². The predicted octanol–water partition coefficient (Wildman–Crippen LogP) is 5.30. The molecular formula is C25H24FN3O4. The molecule has 0 fully saturated rings. The number of amides is 2. The number of anilines is 3. The van der Waals surface area contributed by atoms with Crippen LogP contribution >= 0.6 is 0 Å². The molecule has 0 aliphatic carbocycles. The van der Waals surface area contributed by atoms with Gasteiger partial charge in [-0.05, 0) is 55.0 Å². The fourth-order valence-corrected chi connectivity index (χ4v) is 2.97. The zero-order valence-corrected chi connectivity index (χ0v) is 17.9. The number of aromatic hydroxyl groups is 1. The second kappa shape index (κ2) is 10.8. The first-order valence-electron chi connectivity index (χ1n) is 10.2. The van der Waals surface area contributed by atoms with Crippen molar-refractivity contribution >= 4 is 29.1 Å². The molecule has 170 valence electrons. The van der Waals surface area contributed by atoms with E-state index in [2.05, 4.69) is 10.6 Å². The van der Waals surface area contributed by atoms with E-state index in [1.54, 1.807) is 36.4 Å². The van der Waals surface area contributed by atoms with Crippen molar-refractivity contribution in [2.24, 2.45) is 0 Å². The quantitative estimate of drug-likeness (QED) is 0.289. The molecule has 0 saturated heterocycles. The molecule has 3 rings (SSSR count). The second-order valence-electron chi connectivity index (χ2n) is 7.31. The maximum Gasteiger partial charge on any atom is 0.412 e. The van der Waals surface area contributed by atoms with Crippen molar-refractivity contribution in [1.82, 2.24) is 0 Å². The van der Waals surface area contributed by atoms with Crippen molar-refractivity contribution in [1.29, 1.82) is 0 Å². The highest BCUT2D eigenvalue weighted by Gasteiger charge is 2.18. The molecule has 0 spiro atoms. The van der Waals surface area contributed by atoms with Crippen molar-refractivity contribution in [3.8, 4) is 5.75 Å². The number of hydrogen-bond donors (Lipinski definition) is 4. The van der Waals surface area contributed by atoms with E-state index in [0.29, 0.717) is 22.6 Å². The van der Waals surface area contributed by atoms with Gasteiger partial charge in [0.25, 0.3) is 0 Å². The largest absolute Gasteiger partial charge is 0.505 e. The second-order valence-corrected chi connectivity index (χ2v) is 7.31. The van der Waals surface area contributed by atoms with E-state index in [0.717, 1.165) is 11.6 Å². The Morgan fingerprint density at radius 3 is 2.52 bits per heavy atom. The van der Waals surface area contributed by atoms with Gasteiger partial charge in [0.05, 0.1) is 11.4 Å². The van der Waals surface area contributed by atoms with Crippen LogP contribution in [-0.2, 0) is 9.53 Å². The highest BCUT2D eigenvalue weighted by Crippen LogP contribution is 2.27. The van der Waals surface area contributed by atoms with Gasteiger partial charge in [0.15, 0.2) is 11.6 Å². The Morgan fingerprint density at radius 1 is 1.09 bits per heavy atom. The highest BCUT2D eigenvalue weighted by molar-refractivity contribution is 6.01. The average Bonchev–Trinajstić information content (AvgIpc) is 2.78. The van der Waals surface area contributed by atoms with E-state index in [4.69, 9.17) is 10.5 Å². The number of hydrogen-bond acceptors (Lipinski definition) is 5. The van der Waals surface area contributed by atoms with E-state index in [1.165, 1.54) is 24.3 Å². The minimum atomic E-state index is -0.906. The molecule has 33 heavy (non-hydrogen) atoms. The summed E-state index contributed by atoms with van der Waals surface area (Å²) in [7, 11) is 0. The Kier molecular flexibility index (Phi) is 7.64. The number of aryl methyl sites for hydroxylation is 1. The average molecular weight is 449 g/mol. The summed E-state index contributed by atoms with van der Waals surface area (Å²) in [6, 6.07) is 17.7. The smallest absolute Gasteiger partial charge is 0.412 e. The molecule has 1 atom stereocenters. The van der Waals surface area contributed by atoms with Crippen molar-refractivity contribution < 1.29 is 23.8 Å². The number of nitrogens with one attached hydrogen (secondary N) is 2. The predicted molar refractivity (Wildman–Crippen MR) is 125 cm³/mol. The number of benzene rings is 3. The van der Waals surface area contributed by atoms with E-state index >= 15 is 0 Å². The molecule has 3 aromatic rings. The third kappa shape index (κ3) is 6.83. The van der Waals surface area contributed by atoms with Crippen LogP contribution in [-0.4, -0.2) is 17.1 Å². The molecule has 0 unspecified atom stereocenters. The first-order valence-corrected chi connectivity index (χ1v) is 10.2. The van der Waals surface area contributed by atoms with Gasteiger partial charge in [0, 0.05) is 12.1 Å². The number of carbonyl (C=O) groups excluding carboxylic acids is 2. The lowest BCUT2D eigenvalue weighted by atomic mass is 10.1. The molecule has 0 radical (unpaired) electrons. The number of para-hydroxylation sites is 2. The summed E-state index contributed by atoms with van der Waals surface area (Å²) >= 11 is 0. The molecule has 3 aromatic carbocycles. The molecule has 0 aromatic heterocycles. The van der Waals surface area contributed by atoms with Crippen LogP contribution in [0.1, 0.15) is 23.7 Å². The van der Waals surface area contributed by atoms with Crippen molar-refractivity contribution in [2.45, 2.75) is 19.4 Å².